The van der Waals surface area contributed by atoms with Crippen LogP contribution in [0.5, 0.6) is 0 Å². The van der Waals surface area contributed by atoms with Gasteiger partial charge in [-0.3, -0.25) is 4.79 Å². The van der Waals surface area contributed by atoms with Gasteiger partial charge in [-0.2, -0.15) is 0 Å². The van der Waals surface area contributed by atoms with Crippen molar-refractivity contribution in [2.24, 2.45) is 5.73 Å². The highest BCUT2D eigenvalue weighted by molar-refractivity contribution is 5.73. The number of carbonyl (C=O) groups is 1. The molecule has 1 atom stereocenters. The average Bonchev–Trinajstić information content (AvgIpc) is 2.18. The molecule has 1 unspecified atom stereocenters. The van der Waals surface area contributed by atoms with E-state index < -0.39 is 23.6 Å². The molecule has 0 saturated carbocycles. The van der Waals surface area contributed by atoms with Gasteiger partial charge in [0.25, 0.3) is 0 Å². The van der Waals surface area contributed by atoms with E-state index >= 15 is 0 Å². The number of aliphatic hydroxyl groups excluding tert-OH is 1. The average molecular weight is 215 g/mol. The van der Waals surface area contributed by atoms with E-state index in [2.05, 4.69) is 0 Å². The second-order valence-corrected chi connectivity index (χ2v) is 3.19. The second kappa shape index (κ2) is 4.84. The summed E-state index contributed by atoms with van der Waals surface area (Å²) in [5, 5.41) is 9.46. The quantitative estimate of drug-likeness (QED) is 0.794. The van der Waals surface area contributed by atoms with E-state index in [-0.39, 0.29) is 18.4 Å². The zero-order valence-electron chi connectivity index (χ0n) is 7.91. The lowest BCUT2D eigenvalue weighted by Gasteiger charge is -2.10. The van der Waals surface area contributed by atoms with E-state index in [0.717, 1.165) is 18.2 Å². The Kier molecular flexibility index (Phi) is 3.74. The zero-order chi connectivity index (χ0) is 11.4. The maximum atomic E-state index is 13.1. The summed E-state index contributed by atoms with van der Waals surface area (Å²) in [5.74, 6) is -1.93. The van der Waals surface area contributed by atoms with E-state index in [0.29, 0.717) is 0 Å². The normalized spacial score (nSPS) is 12.5. The van der Waals surface area contributed by atoms with Gasteiger partial charge in [0.15, 0.2) is 0 Å². The molecular weight excluding hydrogens is 204 g/mol. The molecule has 3 nitrogen and oxygen atoms in total. The number of benzene rings is 1. The number of carbonyl (C=O) groups excluding carboxylic acids is 1. The highest BCUT2D eigenvalue weighted by atomic mass is 19.1. The molecule has 0 radical (unpaired) electrons. The Morgan fingerprint density at radius 3 is 2.73 bits per heavy atom. The maximum Gasteiger partial charge on any atom is 0.217 e. The zero-order valence-corrected chi connectivity index (χ0v) is 7.91. The van der Waals surface area contributed by atoms with Crippen LogP contribution < -0.4 is 5.73 Å². The number of primary amides is 1. The summed E-state index contributed by atoms with van der Waals surface area (Å²) in [6.45, 7) is 0. The number of halogens is 2. The molecule has 0 aliphatic carbocycles. The van der Waals surface area contributed by atoms with Crippen molar-refractivity contribution in [3.8, 4) is 0 Å². The highest BCUT2D eigenvalue weighted by Crippen LogP contribution is 2.21. The first-order valence-electron chi connectivity index (χ1n) is 4.42. The molecule has 0 fully saturated rings. The number of nitrogens with two attached hydrogens (primary N) is 1. The van der Waals surface area contributed by atoms with Crippen LogP contribution in [0.3, 0.4) is 0 Å². The van der Waals surface area contributed by atoms with Gasteiger partial charge < -0.3 is 10.8 Å². The van der Waals surface area contributed by atoms with Gasteiger partial charge in [-0.25, -0.2) is 8.78 Å². The molecule has 3 N–H and O–H groups in total. The molecule has 0 aliphatic heterocycles. The molecule has 1 rings (SSSR count). The third-order valence-corrected chi connectivity index (χ3v) is 1.98. The molecule has 15 heavy (non-hydrogen) atoms. The van der Waals surface area contributed by atoms with Gasteiger partial charge in [0.1, 0.15) is 11.6 Å². The van der Waals surface area contributed by atoms with Crippen LogP contribution in [0.25, 0.3) is 0 Å². The third-order valence-electron chi connectivity index (χ3n) is 1.98. The van der Waals surface area contributed by atoms with E-state index in [1.807, 2.05) is 0 Å². The van der Waals surface area contributed by atoms with E-state index in [4.69, 9.17) is 5.73 Å². The Bertz CT molecular complexity index is 368. The summed E-state index contributed by atoms with van der Waals surface area (Å²) >= 11 is 0. The summed E-state index contributed by atoms with van der Waals surface area (Å²) in [6, 6.07) is 2.79. The summed E-state index contributed by atoms with van der Waals surface area (Å²) in [5.41, 5.74) is 4.71. The van der Waals surface area contributed by atoms with Crippen LogP contribution in [0.4, 0.5) is 8.78 Å². The van der Waals surface area contributed by atoms with Crippen molar-refractivity contribution >= 4 is 5.91 Å². The summed E-state index contributed by atoms with van der Waals surface area (Å²) in [4.78, 5) is 10.4. The van der Waals surface area contributed by atoms with Crippen LogP contribution in [0, 0.1) is 11.6 Å². The van der Waals surface area contributed by atoms with E-state index in [1.165, 1.54) is 0 Å². The van der Waals surface area contributed by atoms with Crippen molar-refractivity contribution in [3.05, 3.63) is 35.4 Å². The van der Waals surface area contributed by atoms with E-state index in [1.54, 1.807) is 0 Å². The largest absolute Gasteiger partial charge is 0.388 e. The van der Waals surface area contributed by atoms with Crippen molar-refractivity contribution in [1.82, 2.24) is 0 Å². The SMILES string of the molecule is NC(=O)CCC(O)c1cc(F)ccc1F. The Morgan fingerprint density at radius 2 is 2.13 bits per heavy atom. The molecule has 0 aliphatic rings. The fraction of sp³-hybridized carbons (Fsp3) is 0.300. The molecular formula is C10H11F2NO2. The van der Waals surface area contributed by atoms with Gasteiger partial charge in [-0.05, 0) is 24.6 Å². The lowest BCUT2D eigenvalue weighted by molar-refractivity contribution is -0.118. The minimum absolute atomic E-state index is 0.0181. The summed E-state index contributed by atoms with van der Waals surface area (Å²) < 4.78 is 25.8. The van der Waals surface area contributed by atoms with Crippen LogP contribution in [-0.2, 0) is 4.79 Å². The van der Waals surface area contributed by atoms with Crippen LogP contribution in [0.2, 0.25) is 0 Å². The molecule has 1 aromatic rings. The Hall–Kier alpha value is -1.49. The van der Waals surface area contributed by atoms with Crippen molar-refractivity contribution in [2.45, 2.75) is 18.9 Å². The van der Waals surface area contributed by atoms with Crippen molar-refractivity contribution in [1.29, 1.82) is 0 Å². The molecule has 82 valence electrons. The molecule has 0 saturated heterocycles. The van der Waals surface area contributed by atoms with Gasteiger partial charge in [-0.15, -0.1) is 0 Å². The van der Waals surface area contributed by atoms with Gasteiger partial charge >= 0.3 is 0 Å². The van der Waals surface area contributed by atoms with Gasteiger partial charge in [0.05, 0.1) is 6.10 Å². The van der Waals surface area contributed by atoms with E-state index in [9.17, 15) is 18.7 Å². The first-order valence-corrected chi connectivity index (χ1v) is 4.42. The van der Waals surface area contributed by atoms with Crippen molar-refractivity contribution in [3.63, 3.8) is 0 Å². The second-order valence-electron chi connectivity index (χ2n) is 3.19. The van der Waals surface area contributed by atoms with Crippen LogP contribution in [0.15, 0.2) is 18.2 Å². The summed E-state index contributed by atoms with van der Waals surface area (Å²) in [6.07, 6.45) is -1.31. The van der Waals surface area contributed by atoms with Gasteiger partial charge in [0, 0.05) is 12.0 Å². The number of rotatable bonds is 4. The predicted octanol–water partition coefficient (Wildman–Crippen LogP) is 1.26. The van der Waals surface area contributed by atoms with Gasteiger partial charge in [0.2, 0.25) is 5.91 Å². The lowest BCUT2D eigenvalue weighted by Crippen LogP contribution is -2.12. The molecule has 0 bridgehead atoms. The third kappa shape index (κ3) is 3.28. The topological polar surface area (TPSA) is 63.3 Å². The lowest BCUT2D eigenvalue weighted by atomic mass is 10.0. The standard InChI is InChI=1S/C10H11F2NO2/c11-6-1-2-8(12)7(5-6)9(14)3-4-10(13)15/h1-2,5,9,14H,3-4H2,(H2,13,15). The van der Waals surface area contributed by atoms with Gasteiger partial charge in [-0.1, -0.05) is 0 Å². The summed E-state index contributed by atoms with van der Waals surface area (Å²) in [7, 11) is 0. The fourth-order valence-electron chi connectivity index (χ4n) is 1.20. The number of amides is 1. The predicted molar refractivity (Wildman–Crippen MR) is 49.7 cm³/mol. The molecule has 0 heterocycles. The Balaban J connectivity index is 2.76. The van der Waals surface area contributed by atoms with Crippen molar-refractivity contribution in [2.75, 3.05) is 0 Å². The number of aliphatic hydroxyl groups is 1. The van der Waals surface area contributed by atoms with Crippen LogP contribution >= 0.6 is 0 Å². The minimum atomic E-state index is -1.21. The molecule has 5 heteroatoms. The fourth-order valence-corrected chi connectivity index (χ4v) is 1.20. The Morgan fingerprint density at radius 1 is 1.47 bits per heavy atom. The molecule has 0 aromatic heterocycles. The molecule has 1 aromatic carbocycles. The van der Waals surface area contributed by atoms with Crippen LogP contribution in [-0.4, -0.2) is 11.0 Å². The number of hydrogen-bond acceptors (Lipinski definition) is 2. The first kappa shape index (κ1) is 11.6. The first-order chi connectivity index (χ1) is 7.00. The smallest absolute Gasteiger partial charge is 0.217 e. The van der Waals surface area contributed by atoms with Crippen LogP contribution in [0.1, 0.15) is 24.5 Å². The Labute approximate surface area is 85.5 Å². The maximum absolute atomic E-state index is 13.1. The monoisotopic (exact) mass is 215 g/mol. The number of hydrogen-bond donors (Lipinski definition) is 2. The molecule has 0 spiro atoms. The minimum Gasteiger partial charge on any atom is -0.388 e. The molecule has 1 amide bonds. The highest BCUT2D eigenvalue weighted by Gasteiger charge is 2.14. The van der Waals surface area contributed by atoms with Crippen molar-refractivity contribution < 1.29 is 18.7 Å².